The molecule has 0 bridgehead atoms. The van der Waals surface area contributed by atoms with Gasteiger partial charge in [0.1, 0.15) is 18.1 Å². The number of nitrogens with one attached hydrogen (secondary N) is 2. The Balaban J connectivity index is 1.42. The Hall–Kier alpha value is -3.04. The van der Waals surface area contributed by atoms with E-state index in [9.17, 15) is 24.3 Å². The molecule has 15 heteroatoms. The second kappa shape index (κ2) is 10.1. The Morgan fingerprint density at radius 1 is 1.39 bits per heavy atom. The maximum atomic E-state index is 13.1. The number of thioether (sulfide) groups is 1. The SMILES string of the molecule is C[C@@H](NC(=O)C(N)Cn1cnnn1)[C@H]1C(=O)N2C(C(=O)O)=C(S[C@@H]3CN[C@H](C(=O)N(C)C)C3)[C@H](C)[C@H]12. The highest BCUT2D eigenvalue weighted by Crippen LogP contribution is 2.51. The van der Waals surface area contributed by atoms with Gasteiger partial charge >= 0.3 is 5.97 Å². The van der Waals surface area contributed by atoms with Crippen molar-refractivity contribution in [2.75, 3.05) is 20.6 Å². The minimum absolute atomic E-state index is 0.000600. The molecule has 5 N–H and O–H groups in total. The number of fused-ring (bicyclic) bond motifs is 1. The minimum Gasteiger partial charge on any atom is -0.477 e. The predicted octanol–water partition coefficient (Wildman–Crippen LogP) is -2.17. The standard InChI is InChI=1S/C21H31N9O5S/c1-9-15-14(10(2)25-18(31)12(22)7-29-8-24-26-27-29)20(33)30(15)16(21(34)35)17(9)36-11-5-13(23-6-11)19(32)28(3)4/h8-15,23H,5-7,22H2,1-4H3,(H,25,31)(H,34,35)/t9-,10-,11+,12?,13+,14-,15-/m1/s1. The van der Waals surface area contributed by atoms with Crippen molar-refractivity contribution in [1.82, 2.24) is 40.6 Å². The van der Waals surface area contributed by atoms with Gasteiger partial charge in [0.05, 0.1) is 24.5 Å². The monoisotopic (exact) mass is 521 g/mol. The molecular formula is C21H31N9O5S. The van der Waals surface area contributed by atoms with E-state index in [-0.39, 0.29) is 47.3 Å². The number of carboxylic acid groups (broad SMARTS) is 1. The minimum atomic E-state index is -1.16. The molecule has 3 amide bonds. The van der Waals surface area contributed by atoms with Gasteiger partial charge in [-0.2, -0.15) is 0 Å². The summed E-state index contributed by atoms with van der Waals surface area (Å²) in [5, 5.41) is 26.7. The number of carbonyl (C=O) groups is 4. The van der Waals surface area contributed by atoms with Crippen LogP contribution in [0.15, 0.2) is 16.9 Å². The van der Waals surface area contributed by atoms with Crippen molar-refractivity contribution in [3.05, 3.63) is 16.9 Å². The fraction of sp³-hybridized carbons (Fsp3) is 0.667. The Morgan fingerprint density at radius 2 is 2.11 bits per heavy atom. The molecule has 0 radical (unpaired) electrons. The summed E-state index contributed by atoms with van der Waals surface area (Å²) < 4.78 is 1.34. The number of aromatic nitrogens is 4. The zero-order valence-corrected chi connectivity index (χ0v) is 21.3. The van der Waals surface area contributed by atoms with Gasteiger partial charge in [0, 0.05) is 42.8 Å². The highest BCUT2D eigenvalue weighted by molar-refractivity contribution is 8.03. The number of aliphatic carboxylic acids is 1. The number of carbonyl (C=O) groups excluding carboxylic acids is 3. The van der Waals surface area contributed by atoms with Crippen LogP contribution in [0.2, 0.25) is 0 Å². The molecule has 4 rings (SSSR count). The average molecular weight is 522 g/mol. The Morgan fingerprint density at radius 3 is 2.72 bits per heavy atom. The molecule has 1 aromatic heterocycles. The van der Waals surface area contributed by atoms with E-state index < -0.39 is 29.9 Å². The maximum Gasteiger partial charge on any atom is 0.353 e. The molecule has 0 aromatic carbocycles. The lowest BCUT2D eigenvalue weighted by molar-refractivity contribution is -0.158. The molecule has 0 aliphatic carbocycles. The summed E-state index contributed by atoms with van der Waals surface area (Å²) in [5.41, 5.74) is 5.96. The fourth-order valence-electron chi connectivity index (χ4n) is 5.14. The van der Waals surface area contributed by atoms with Gasteiger partial charge in [0.25, 0.3) is 0 Å². The number of amides is 3. The van der Waals surface area contributed by atoms with Crippen molar-refractivity contribution in [1.29, 1.82) is 0 Å². The zero-order chi connectivity index (χ0) is 26.3. The smallest absolute Gasteiger partial charge is 0.353 e. The molecule has 3 aliphatic rings. The van der Waals surface area contributed by atoms with E-state index >= 15 is 0 Å². The maximum absolute atomic E-state index is 13.1. The zero-order valence-electron chi connectivity index (χ0n) is 20.5. The topological polar surface area (TPSA) is 189 Å². The Kier molecular flexibility index (Phi) is 7.33. The molecule has 1 aromatic rings. The van der Waals surface area contributed by atoms with Crippen molar-refractivity contribution in [3.63, 3.8) is 0 Å². The van der Waals surface area contributed by atoms with Crippen molar-refractivity contribution in [2.45, 2.75) is 56.2 Å². The number of hydrogen-bond acceptors (Lipinski definition) is 10. The third-order valence-corrected chi connectivity index (χ3v) is 8.45. The third kappa shape index (κ3) is 4.69. The molecule has 0 spiro atoms. The van der Waals surface area contributed by atoms with Crippen LogP contribution < -0.4 is 16.4 Å². The lowest BCUT2D eigenvalue weighted by atomic mass is 9.78. The van der Waals surface area contributed by atoms with Crippen LogP contribution in [0.3, 0.4) is 0 Å². The number of rotatable bonds is 9. The third-order valence-electron chi connectivity index (χ3n) is 6.93. The first-order chi connectivity index (χ1) is 17.0. The van der Waals surface area contributed by atoms with Crippen molar-refractivity contribution in [3.8, 4) is 0 Å². The molecular weight excluding hydrogens is 490 g/mol. The molecule has 36 heavy (non-hydrogen) atoms. The van der Waals surface area contributed by atoms with Gasteiger partial charge in [-0.25, -0.2) is 9.48 Å². The van der Waals surface area contributed by atoms with Crippen LogP contribution in [0.1, 0.15) is 20.3 Å². The van der Waals surface area contributed by atoms with E-state index in [4.69, 9.17) is 5.73 Å². The van der Waals surface area contributed by atoms with Gasteiger partial charge in [-0.05, 0) is 23.8 Å². The Labute approximate surface area is 212 Å². The lowest BCUT2D eigenvalue weighted by Crippen LogP contribution is -2.66. The average Bonchev–Trinajstić information content (AvgIpc) is 3.54. The Bertz CT molecular complexity index is 1080. The molecule has 2 fully saturated rings. The number of nitrogens with two attached hydrogens (primary N) is 1. The molecule has 7 atom stereocenters. The van der Waals surface area contributed by atoms with Crippen LogP contribution >= 0.6 is 11.8 Å². The molecule has 4 heterocycles. The first-order valence-electron chi connectivity index (χ1n) is 11.7. The molecule has 3 aliphatic heterocycles. The first-order valence-corrected chi connectivity index (χ1v) is 12.6. The van der Waals surface area contributed by atoms with E-state index in [0.29, 0.717) is 17.9 Å². The molecule has 0 saturated carbocycles. The van der Waals surface area contributed by atoms with Crippen LogP contribution in [0.4, 0.5) is 0 Å². The van der Waals surface area contributed by atoms with Crippen molar-refractivity contribution < 1.29 is 24.3 Å². The summed E-state index contributed by atoms with van der Waals surface area (Å²) in [4.78, 5) is 53.7. The van der Waals surface area contributed by atoms with E-state index in [0.717, 1.165) is 0 Å². The molecule has 14 nitrogen and oxygen atoms in total. The normalized spacial score (nSPS) is 29.0. The van der Waals surface area contributed by atoms with Crippen molar-refractivity contribution >= 4 is 35.5 Å². The van der Waals surface area contributed by atoms with E-state index in [2.05, 4.69) is 26.2 Å². The van der Waals surface area contributed by atoms with Gasteiger partial charge in [-0.1, -0.05) is 6.92 Å². The van der Waals surface area contributed by atoms with Crippen LogP contribution in [0.25, 0.3) is 0 Å². The van der Waals surface area contributed by atoms with Gasteiger partial charge in [0.15, 0.2) is 0 Å². The summed E-state index contributed by atoms with van der Waals surface area (Å²) in [7, 11) is 3.40. The number of tetrazole rings is 1. The fourth-order valence-corrected chi connectivity index (χ4v) is 6.62. The predicted molar refractivity (Wildman–Crippen MR) is 128 cm³/mol. The van der Waals surface area contributed by atoms with Gasteiger partial charge in [0.2, 0.25) is 17.7 Å². The van der Waals surface area contributed by atoms with Gasteiger partial charge in [-0.3, -0.25) is 14.4 Å². The van der Waals surface area contributed by atoms with E-state index in [1.54, 1.807) is 21.0 Å². The largest absolute Gasteiger partial charge is 0.477 e. The number of carboxylic acids is 1. The van der Waals surface area contributed by atoms with E-state index in [1.807, 2.05) is 6.92 Å². The van der Waals surface area contributed by atoms with E-state index in [1.165, 1.54) is 32.6 Å². The highest BCUT2D eigenvalue weighted by atomic mass is 32.2. The number of likely N-dealkylation sites (N-methyl/N-ethyl adjacent to an activating group) is 1. The second-order valence-electron chi connectivity index (χ2n) is 9.64. The number of hydrogen-bond donors (Lipinski definition) is 4. The first kappa shape index (κ1) is 26.0. The van der Waals surface area contributed by atoms with Gasteiger partial charge in [-0.15, -0.1) is 16.9 Å². The van der Waals surface area contributed by atoms with Crippen LogP contribution in [0.5, 0.6) is 0 Å². The van der Waals surface area contributed by atoms with Crippen molar-refractivity contribution in [2.24, 2.45) is 17.6 Å². The lowest BCUT2D eigenvalue weighted by Gasteiger charge is -2.47. The molecule has 196 valence electrons. The number of nitrogens with zero attached hydrogens (tertiary/aromatic N) is 6. The summed E-state index contributed by atoms with van der Waals surface area (Å²) in [6, 6.07) is -2.18. The highest BCUT2D eigenvalue weighted by Gasteiger charge is 2.60. The summed E-state index contributed by atoms with van der Waals surface area (Å²) >= 11 is 1.42. The van der Waals surface area contributed by atoms with Gasteiger partial charge < -0.3 is 31.3 Å². The van der Waals surface area contributed by atoms with Crippen LogP contribution in [0, 0.1) is 11.8 Å². The molecule has 2 saturated heterocycles. The van der Waals surface area contributed by atoms with Crippen LogP contribution in [-0.4, -0.2) is 109 Å². The quantitative estimate of drug-likeness (QED) is 0.259. The summed E-state index contributed by atoms with van der Waals surface area (Å²) in [6.45, 7) is 4.26. The van der Waals surface area contributed by atoms with Crippen LogP contribution in [-0.2, 0) is 25.7 Å². The molecule has 1 unspecified atom stereocenters. The number of β-lactam (4-membered cyclic amide) rings is 1. The summed E-state index contributed by atoms with van der Waals surface area (Å²) in [6.07, 6.45) is 1.92. The summed E-state index contributed by atoms with van der Waals surface area (Å²) in [5.74, 6) is -2.79. The second-order valence-corrected chi connectivity index (χ2v) is 11.0.